The van der Waals surface area contributed by atoms with E-state index in [2.05, 4.69) is 0 Å². The van der Waals surface area contributed by atoms with E-state index < -0.39 is 0 Å². The number of nitrogens with zero attached hydrogens (tertiary/aromatic N) is 1. The van der Waals surface area contributed by atoms with Crippen LogP contribution < -0.4 is 4.74 Å². The molecule has 0 radical (unpaired) electrons. The Morgan fingerprint density at radius 1 is 1.05 bits per heavy atom. The third kappa shape index (κ3) is 4.33. The van der Waals surface area contributed by atoms with Crippen molar-refractivity contribution in [2.75, 3.05) is 26.8 Å². The van der Waals surface area contributed by atoms with Gasteiger partial charge in [0.25, 0.3) is 5.91 Å². The number of aliphatic hydroxyl groups is 1. The van der Waals surface area contributed by atoms with Crippen molar-refractivity contribution < 1.29 is 14.6 Å². The maximum Gasteiger partial charge on any atom is 0.253 e. The van der Waals surface area contributed by atoms with Crippen molar-refractivity contribution in [1.82, 2.24) is 4.90 Å². The summed E-state index contributed by atoms with van der Waals surface area (Å²) in [5.41, 5.74) is 1.77. The van der Waals surface area contributed by atoms with Crippen LogP contribution in [0.5, 0.6) is 5.75 Å². The van der Waals surface area contributed by atoms with Gasteiger partial charge in [-0.2, -0.15) is 0 Å². The number of hydrogen-bond acceptors (Lipinski definition) is 3. The molecule has 0 aliphatic carbocycles. The smallest absolute Gasteiger partial charge is 0.253 e. The van der Waals surface area contributed by atoms with Gasteiger partial charge in [-0.15, -0.1) is 0 Å². The average Bonchev–Trinajstić information content (AvgIpc) is 2.59. The summed E-state index contributed by atoms with van der Waals surface area (Å²) in [5, 5.41) is 9.20. The van der Waals surface area contributed by atoms with Gasteiger partial charge in [0.15, 0.2) is 0 Å². The van der Waals surface area contributed by atoms with Crippen molar-refractivity contribution in [2.45, 2.75) is 6.42 Å². The van der Waals surface area contributed by atoms with E-state index in [1.54, 1.807) is 36.3 Å². The first kappa shape index (κ1) is 16.0. The minimum Gasteiger partial charge on any atom is -0.497 e. The number of amides is 1. The predicted octanol–water partition coefficient (Wildman–Crippen LogP) is 2.37. The van der Waals surface area contributed by atoms with Gasteiger partial charge in [0.05, 0.1) is 13.7 Å². The van der Waals surface area contributed by atoms with E-state index in [0.29, 0.717) is 18.7 Å². The van der Waals surface area contributed by atoms with Crippen molar-refractivity contribution in [3.8, 4) is 5.75 Å². The highest BCUT2D eigenvalue weighted by molar-refractivity contribution is 5.94. The lowest BCUT2D eigenvalue weighted by atomic mass is 10.1. The van der Waals surface area contributed by atoms with Gasteiger partial charge in [-0.25, -0.2) is 0 Å². The quantitative estimate of drug-likeness (QED) is 0.854. The summed E-state index contributed by atoms with van der Waals surface area (Å²) in [5.74, 6) is 0.641. The molecule has 0 spiro atoms. The fourth-order valence-corrected chi connectivity index (χ4v) is 2.26. The standard InChI is InChI=1S/C18H21NO3/c1-22-17-9-7-16(8-10-17)18(21)19(13-14-20)12-11-15-5-3-2-4-6-15/h2-10,20H,11-14H2,1H3. The van der Waals surface area contributed by atoms with Crippen molar-refractivity contribution in [1.29, 1.82) is 0 Å². The van der Waals surface area contributed by atoms with E-state index in [9.17, 15) is 9.90 Å². The summed E-state index contributed by atoms with van der Waals surface area (Å²) in [6.45, 7) is 0.865. The van der Waals surface area contributed by atoms with E-state index in [1.807, 2.05) is 30.3 Å². The summed E-state index contributed by atoms with van der Waals surface area (Å²) in [6.07, 6.45) is 0.767. The van der Waals surface area contributed by atoms with Gasteiger partial charge in [0, 0.05) is 18.7 Å². The first-order chi connectivity index (χ1) is 10.7. The molecule has 1 N–H and O–H groups in total. The van der Waals surface area contributed by atoms with Gasteiger partial charge in [-0.1, -0.05) is 30.3 Å². The van der Waals surface area contributed by atoms with Crippen LogP contribution in [0.2, 0.25) is 0 Å². The molecule has 2 rings (SSSR count). The highest BCUT2D eigenvalue weighted by atomic mass is 16.5. The van der Waals surface area contributed by atoms with Crippen LogP contribution in [0.1, 0.15) is 15.9 Å². The number of methoxy groups -OCH3 is 1. The number of benzene rings is 2. The zero-order valence-corrected chi connectivity index (χ0v) is 12.7. The van der Waals surface area contributed by atoms with Gasteiger partial charge in [-0.3, -0.25) is 4.79 Å². The molecule has 22 heavy (non-hydrogen) atoms. The van der Waals surface area contributed by atoms with Crippen LogP contribution in [-0.4, -0.2) is 42.7 Å². The Morgan fingerprint density at radius 2 is 1.73 bits per heavy atom. The van der Waals surface area contributed by atoms with Crippen LogP contribution in [0.3, 0.4) is 0 Å². The Bertz CT molecular complexity index is 581. The summed E-state index contributed by atoms with van der Waals surface area (Å²) < 4.78 is 5.10. The highest BCUT2D eigenvalue weighted by Gasteiger charge is 2.15. The lowest BCUT2D eigenvalue weighted by Gasteiger charge is -2.22. The molecule has 0 aromatic heterocycles. The molecule has 0 aliphatic rings. The average molecular weight is 299 g/mol. The molecule has 0 bridgehead atoms. The molecule has 4 nitrogen and oxygen atoms in total. The molecule has 2 aromatic carbocycles. The largest absolute Gasteiger partial charge is 0.497 e. The van der Waals surface area contributed by atoms with Crippen molar-refractivity contribution in [3.63, 3.8) is 0 Å². The molecule has 0 saturated carbocycles. The zero-order valence-electron chi connectivity index (χ0n) is 12.7. The lowest BCUT2D eigenvalue weighted by Crippen LogP contribution is -2.35. The van der Waals surface area contributed by atoms with Gasteiger partial charge < -0.3 is 14.7 Å². The number of rotatable bonds is 7. The zero-order chi connectivity index (χ0) is 15.8. The minimum atomic E-state index is -0.0763. The second kappa shape index (κ2) is 8.20. The van der Waals surface area contributed by atoms with E-state index in [0.717, 1.165) is 12.2 Å². The summed E-state index contributed by atoms with van der Waals surface area (Å²) in [4.78, 5) is 14.2. The molecule has 0 heterocycles. The molecule has 0 fully saturated rings. The minimum absolute atomic E-state index is 0.0450. The first-order valence-corrected chi connectivity index (χ1v) is 7.32. The molecule has 0 aliphatic heterocycles. The third-order valence-electron chi connectivity index (χ3n) is 3.51. The fraction of sp³-hybridized carbons (Fsp3) is 0.278. The van der Waals surface area contributed by atoms with Crippen LogP contribution in [0.25, 0.3) is 0 Å². The van der Waals surface area contributed by atoms with E-state index in [-0.39, 0.29) is 12.5 Å². The molecule has 0 saturated heterocycles. The molecule has 4 heteroatoms. The van der Waals surface area contributed by atoms with Gasteiger partial charge >= 0.3 is 0 Å². The Morgan fingerprint density at radius 3 is 2.32 bits per heavy atom. The van der Waals surface area contributed by atoms with Gasteiger partial charge in [0.1, 0.15) is 5.75 Å². The van der Waals surface area contributed by atoms with Crippen LogP contribution in [-0.2, 0) is 6.42 Å². The number of aliphatic hydroxyl groups excluding tert-OH is 1. The monoisotopic (exact) mass is 299 g/mol. The molecular weight excluding hydrogens is 278 g/mol. The summed E-state index contributed by atoms with van der Waals surface area (Å²) in [6, 6.07) is 17.0. The van der Waals surface area contributed by atoms with E-state index >= 15 is 0 Å². The van der Waals surface area contributed by atoms with Crippen molar-refractivity contribution in [3.05, 3.63) is 65.7 Å². The second-order valence-corrected chi connectivity index (χ2v) is 4.98. The Labute approximate surface area is 131 Å². The second-order valence-electron chi connectivity index (χ2n) is 4.98. The number of carbonyl (C=O) groups excluding carboxylic acids is 1. The van der Waals surface area contributed by atoms with E-state index in [4.69, 9.17) is 4.74 Å². The Kier molecular flexibility index (Phi) is 5.98. The van der Waals surface area contributed by atoms with Crippen molar-refractivity contribution in [2.24, 2.45) is 0 Å². The van der Waals surface area contributed by atoms with Gasteiger partial charge in [0.2, 0.25) is 0 Å². The first-order valence-electron chi connectivity index (χ1n) is 7.32. The van der Waals surface area contributed by atoms with Crippen LogP contribution >= 0.6 is 0 Å². The van der Waals surface area contributed by atoms with Crippen LogP contribution in [0.15, 0.2) is 54.6 Å². The SMILES string of the molecule is COc1ccc(C(=O)N(CCO)CCc2ccccc2)cc1. The fourth-order valence-electron chi connectivity index (χ4n) is 2.26. The lowest BCUT2D eigenvalue weighted by molar-refractivity contribution is 0.0724. The van der Waals surface area contributed by atoms with Crippen LogP contribution in [0, 0.1) is 0 Å². The molecule has 116 valence electrons. The normalized spacial score (nSPS) is 10.3. The topological polar surface area (TPSA) is 49.8 Å². The maximum atomic E-state index is 12.5. The summed E-state index contributed by atoms with van der Waals surface area (Å²) in [7, 11) is 1.59. The molecule has 2 aromatic rings. The van der Waals surface area contributed by atoms with E-state index in [1.165, 1.54) is 5.56 Å². The highest BCUT2D eigenvalue weighted by Crippen LogP contribution is 2.13. The number of carbonyl (C=O) groups is 1. The predicted molar refractivity (Wildman–Crippen MR) is 86.1 cm³/mol. The molecule has 0 atom stereocenters. The molecule has 1 amide bonds. The molecule has 0 unspecified atom stereocenters. The number of ether oxygens (including phenoxy) is 1. The van der Waals surface area contributed by atoms with Gasteiger partial charge in [-0.05, 0) is 36.2 Å². The Hall–Kier alpha value is -2.33. The third-order valence-corrected chi connectivity index (χ3v) is 3.51. The van der Waals surface area contributed by atoms with Crippen LogP contribution in [0.4, 0.5) is 0 Å². The molecular formula is C18H21NO3. The number of hydrogen-bond donors (Lipinski definition) is 1. The Balaban J connectivity index is 2.03. The summed E-state index contributed by atoms with van der Waals surface area (Å²) >= 11 is 0. The van der Waals surface area contributed by atoms with Crippen molar-refractivity contribution >= 4 is 5.91 Å². The maximum absolute atomic E-state index is 12.5.